The Bertz CT molecular complexity index is 462. The zero-order chi connectivity index (χ0) is 10.8. The second-order valence-electron chi connectivity index (χ2n) is 3.72. The van der Waals surface area contributed by atoms with Gasteiger partial charge in [0.25, 0.3) is 0 Å². The van der Waals surface area contributed by atoms with E-state index >= 15 is 0 Å². The maximum Gasteiger partial charge on any atom is 0.0705 e. The summed E-state index contributed by atoms with van der Waals surface area (Å²) in [5, 5.41) is 0. The van der Waals surface area contributed by atoms with E-state index in [0.717, 1.165) is 3.79 Å². The van der Waals surface area contributed by atoms with Crippen molar-refractivity contribution in [1.82, 2.24) is 4.98 Å². The zero-order valence-electron chi connectivity index (χ0n) is 8.70. The summed E-state index contributed by atoms with van der Waals surface area (Å²) in [6.45, 7) is 4.42. The summed E-state index contributed by atoms with van der Waals surface area (Å²) in [6.07, 6.45) is 3.81. The van der Waals surface area contributed by atoms with E-state index in [1.54, 1.807) is 11.3 Å². The lowest BCUT2D eigenvalue weighted by molar-refractivity contribution is 0.866. The predicted octanol–water partition coefficient (Wildman–Crippen LogP) is 4.70. The number of hydrogen-bond donors (Lipinski definition) is 0. The molecule has 2 rings (SSSR count). The van der Waals surface area contributed by atoms with E-state index < -0.39 is 0 Å². The molecule has 0 saturated heterocycles. The molecule has 0 amide bonds. The Balaban J connectivity index is 2.52. The molecule has 15 heavy (non-hydrogen) atoms. The van der Waals surface area contributed by atoms with Crippen molar-refractivity contribution in [3.05, 3.63) is 39.9 Å². The number of rotatable bonds is 2. The van der Waals surface area contributed by atoms with Gasteiger partial charge in [-0.15, -0.1) is 11.3 Å². The molecule has 0 aliphatic carbocycles. The molecule has 0 atom stereocenters. The summed E-state index contributed by atoms with van der Waals surface area (Å²) in [5.74, 6) is 0.531. The summed E-state index contributed by atoms with van der Waals surface area (Å²) in [4.78, 5) is 5.48. The van der Waals surface area contributed by atoms with Gasteiger partial charge in [0, 0.05) is 22.8 Å². The van der Waals surface area contributed by atoms with Crippen molar-refractivity contribution in [3.8, 4) is 10.4 Å². The third-order valence-corrected chi connectivity index (χ3v) is 3.97. The van der Waals surface area contributed by atoms with Crippen LogP contribution >= 0.6 is 27.3 Å². The van der Waals surface area contributed by atoms with Gasteiger partial charge in [0.05, 0.1) is 3.79 Å². The highest BCUT2D eigenvalue weighted by molar-refractivity contribution is 9.11. The number of hydrogen-bond acceptors (Lipinski definition) is 2. The van der Waals surface area contributed by atoms with Gasteiger partial charge >= 0.3 is 0 Å². The zero-order valence-corrected chi connectivity index (χ0v) is 11.1. The minimum atomic E-state index is 0.531. The molecule has 2 aromatic rings. The first kappa shape index (κ1) is 10.8. The van der Waals surface area contributed by atoms with Crippen LogP contribution in [0.4, 0.5) is 0 Å². The maximum atomic E-state index is 4.20. The first-order valence-corrected chi connectivity index (χ1v) is 6.49. The van der Waals surface area contributed by atoms with Gasteiger partial charge in [-0.3, -0.25) is 4.98 Å². The molecule has 2 aromatic heterocycles. The first-order valence-electron chi connectivity index (χ1n) is 4.88. The molecule has 0 aromatic carbocycles. The fourth-order valence-electron chi connectivity index (χ4n) is 1.57. The molecule has 1 nitrogen and oxygen atoms in total. The molecule has 78 valence electrons. The molecule has 0 spiro atoms. The second-order valence-corrected chi connectivity index (χ2v) is 6.18. The minimum absolute atomic E-state index is 0.531. The van der Waals surface area contributed by atoms with Crippen LogP contribution in [0.5, 0.6) is 0 Å². The van der Waals surface area contributed by atoms with Crippen molar-refractivity contribution in [2.75, 3.05) is 0 Å². The summed E-state index contributed by atoms with van der Waals surface area (Å²) in [7, 11) is 0. The fourth-order valence-corrected chi connectivity index (χ4v) is 2.99. The Hall–Kier alpha value is -0.670. The lowest BCUT2D eigenvalue weighted by atomic mass is 9.98. The highest BCUT2D eigenvalue weighted by Gasteiger charge is 2.09. The number of aromatic nitrogens is 1. The molecule has 0 fully saturated rings. The van der Waals surface area contributed by atoms with Gasteiger partial charge < -0.3 is 0 Å². The monoisotopic (exact) mass is 281 g/mol. The molecule has 0 unspecified atom stereocenters. The Morgan fingerprint density at radius 1 is 1.27 bits per heavy atom. The second kappa shape index (κ2) is 4.45. The van der Waals surface area contributed by atoms with Crippen molar-refractivity contribution in [2.24, 2.45) is 0 Å². The molecule has 0 saturated carbocycles. The molecule has 2 heterocycles. The van der Waals surface area contributed by atoms with Gasteiger partial charge in [0.15, 0.2) is 0 Å². The molecule has 0 radical (unpaired) electrons. The molecule has 0 N–H and O–H groups in total. The van der Waals surface area contributed by atoms with Crippen LogP contribution in [0.3, 0.4) is 0 Å². The summed E-state index contributed by atoms with van der Waals surface area (Å²) in [6, 6.07) is 6.32. The molecule has 3 heteroatoms. The van der Waals surface area contributed by atoms with E-state index in [1.165, 1.54) is 16.0 Å². The molecule has 0 aliphatic rings. The highest BCUT2D eigenvalue weighted by atomic mass is 79.9. The maximum absolute atomic E-state index is 4.20. The van der Waals surface area contributed by atoms with E-state index in [4.69, 9.17) is 0 Å². The standard InChI is InChI=1S/C12H12BrNS/c1-8(2)9-5-6-14-7-10(9)11-3-4-12(13)15-11/h3-8H,1-2H3. The molecule has 0 aliphatic heterocycles. The van der Waals surface area contributed by atoms with Gasteiger partial charge in [-0.2, -0.15) is 0 Å². The number of halogens is 1. The smallest absolute Gasteiger partial charge is 0.0705 e. The van der Waals surface area contributed by atoms with Crippen molar-refractivity contribution < 1.29 is 0 Å². The number of pyridine rings is 1. The van der Waals surface area contributed by atoms with E-state index in [1.807, 2.05) is 12.4 Å². The minimum Gasteiger partial charge on any atom is -0.264 e. The van der Waals surface area contributed by atoms with Crippen molar-refractivity contribution >= 4 is 27.3 Å². The average Bonchev–Trinajstić information content (AvgIpc) is 2.65. The Kier molecular flexibility index (Phi) is 3.22. The van der Waals surface area contributed by atoms with Crippen LogP contribution < -0.4 is 0 Å². The van der Waals surface area contributed by atoms with E-state index in [-0.39, 0.29) is 0 Å². The average molecular weight is 282 g/mol. The van der Waals surface area contributed by atoms with Crippen molar-refractivity contribution in [1.29, 1.82) is 0 Å². The first-order chi connectivity index (χ1) is 7.18. The lowest BCUT2D eigenvalue weighted by Gasteiger charge is -2.09. The van der Waals surface area contributed by atoms with E-state index in [0.29, 0.717) is 5.92 Å². The molecule has 0 bridgehead atoms. The Labute approximate surface area is 102 Å². The summed E-state index contributed by atoms with van der Waals surface area (Å²) >= 11 is 5.24. The third kappa shape index (κ3) is 2.29. The van der Waals surface area contributed by atoms with E-state index in [2.05, 4.69) is 53.0 Å². The normalized spacial score (nSPS) is 10.9. The fraction of sp³-hybridized carbons (Fsp3) is 0.250. The summed E-state index contributed by atoms with van der Waals surface area (Å²) in [5.41, 5.74) is 2.61. The quantitative estimate of drug-likeness (QED) is 0.778. The van der Waals surface area contributed by atoms with Gasteiger partial charge in [0.2, 0.25) is 0 Å². The SMILES string of the molecule is CC(C)c1ccncc1-c1ccc(Br)s1. The van der Waals surface area contributed by atoms with Gasteiger partial charge in [-0.1, -0.05) is 13.8 Å². The van der Waals surface area contributed by atoms with E-state index in [9.17, 15) is 0 Å². The third-order valence-electron chi connectivity index (χ3n) is 2.32. The number of thiophene rings is 1. The van der Waals surface area contributed by atoms with Crippen LogP contribution in [-0.2, 0) is 0 Å². The lowest BCUT2D eigenvalue weighted by Crippen LogP contribution is -1.91. The van der Waals surface area contributed by atoms with Crippen LogP contribution in [-0.4, -0.2) is 4.98 Å². The van der Waals surface area contributed by atoms with Crippen LogP contribution in [0.1, 0.15) is 25.3 Å². The Morgan fingerprint density at radius 3 is 2.67 bits per heavy atom. The van der Waals surface area contributed by atoms with Crippen LogP contribution in [0, 0.1) is 0 Å². The molecular formula is C12H12BrNS. The van der Waals surface area contributed by atoms with Gasteiger partial charge in [0.1, 0.15) is 0 Å². The van der Waals surface area contributed by atoms with Crippen molar-refractivity contribution in [3.63, 3.8) is 0 Å². The highest BCUT2D eigenvalue weighted by Crippen LogP contribution is 2.35. The van der Waals surface area contributed by atoms with Crippen LogP contribution in [0.25, 0.3) is 10.4 Å². The number of nitrogens with zero attached hydrogens (tertiary/aromatic N) is 1. The summed E-state index contributed by atoms with van der Waals surface area (Å²) < 4.78 is 1.16. The van der Waals surface area contributed by atoms with Gasteiger partial charge in [-0.05, 0) is 45.6 Å². The molecular weight excluding hydrogens is 270 g/mol. The topological polar surface area (TPSA) is 12.9 Å². The predicted molar refractivity (Wildman–Crippen MR) is 69.3 cm³/mol. The van der Waals surface area contributed by atoms with Gasteiger partial charge in [-0.25, -0.2) is 0 Å². The van der Waals surface area contributed by atoms with Crippen LogP contribution in [0.2, 0.25) is 0 Å². The Morgan fingerprint density at radius 2 is 2.07 bits per heavy atom. The van der Waals surface area contributed by atoms with Crippen LogP contribution in [0.15, 0.2) is 34.4 Å². The van der Waals surface area contributed by atoms with Crippen molar-refractivity contribution in [2.45, 2.75) is 19.8 Å². The largest absolute Gasteiger partial charge is 0.264 e.